The average Bonchev–Trinajstić information content (AvgIpc) is 2.19. The van der Waals surface area contributed by atoms with E-state index in [0.717, 1.165) is 5.56 Å². The lowest BCUT2D eigenvalue weighted by molar-refractivity contribution is 0.528. The zero-order valence-corrected chi connectivity index (χ0v) is 7.45. The molecular weight excluding hydrogens is 162 g/mol. The van der Waals surface area contributed by atoms with Gasteiger partial charge in [0.1, 0.15) is 0 Å². The van der Waals surface area contributed by atoms with Crippen LogP contribution in [0.2, 0.25) is 0 Å². The van der Waals surface area contributed by atoms with Gasteiger partial charge in [-0.3, -0.25) is 4.79 Å². The molecule has 0 aromatic heterocycles. The first-order valence-electron chi connectivity index (χ1n) is 4.13. The smallest absolute Gasteiger partial charge is 0.201 e. The fraction of sp³-hybridized carbons (Fsp3) is 0.273. The van der Waals surface area contributed by atoms with E-state index in [9.17, 15) is 4.79 Å². The third kappa shape index (κ3) is 2.72. The van der Waals surface area contributed by atoms with E-state index in [1.165, 1.54) is 0 Å². The zero-order chi connectivity index (χ0) is 9.68. The summed E-state index contributed by atoms with van der Waals surface area (Å²) >= 11 is 0. The topological polar surface area (TPSA) is 40.9 Å². The Labute approximate surface area is 77.8 Å². The Bertz CT molecular complexity index is 321. The fourth-order valence-electron chi connectivity index (χ4n) is 1.11. The van der Waals surface area contributed by atoms with Crippen LogP contribution >= 0.6 is 0 Å². The first-order chi connectivity index (χ1) is 6.26. The summed E-state index contributed by atoms with van der Waals surface area (Å²) < 4.78 is 0. The summed E-state index contributed by atoms with van der Waals surface area (Å²) in [6, 6.07) is 9.29. The van der Waals surface area contributed by atoms with Gasteiger partial charge in [0.15, 0.2) is 0 Å². The molecule has 0 spiro atoms. The highest BCUT2D eigenvalue weighted by Gasteiger charge is 2.02. The van der Waals surface area contributed by atoms with E-state index in [4.69, 9.17) is 5.26 Å². The van der Waals surface area contributed by atoms with Crippen LogP contribution in [0.3, 0.4) is 0 Å². The van der Waals surface area contributed by atoms with Crippen molar-refractivity contribution in [3.05, 3.63) is 35.4 Å². The summed E-state index contributed by atoms with van der Waals surface area (Å²) in [6.45, 7) is 1.82. The number of hydrogen-bond acceptors (Lipinski definition) is 2. The molecule has 0 heterocycles. The number of hydrogen-bond donors (Lipinski definition) is 0. The minimum Gasteiger partial charge on any atom is -0.291 e. The molecule has 0 fully saturated rings. The molecule has 0 bridgehead atoms. The van der Waals surface area contributed by atoms with Gasteiger partial charge in [-0.15, -0.1) is 0 Å². The molecule has 13 heavy (non-hydrogen) atoms. The van der Waals surface area contributed by atoms with Gasteiger partial charge in [-0.05, 0) is 24.1 Å². The molecule has 0 saturated carbocycles. The van der Waals surface area contributed by atoms with Crippen LogP contribution in [-0.2, 0) is 11.2 Å². The van der Waals surface area contributed by atoms with Gasteiger partial charge in [0.05, 0.1) is 11.6 Å². The predicted octanol–water partition coefficient (Wildman–Crippen LogP) is 1.85. The molecule has 1 rings (SSSR count). The van der Waals surface area contributed by atoms with Gasteiger partial charge in [-0.1, -0.05) is 19.1 Å². The van der Waals surface area contributed by atoms with E-state index in [2.05, 4.69) is 0 Å². The lowest BCUT2D eigenvalue weighted by atomic mass is 10.0. The number of nitrogens with zero attached hydrogens (tertiary/aromatic N) is 1. The number of carbonyl (C=O) groups excluding carboxylic acids is 1. The Balaban J connectivity index is 2.70. The van der Waals surface area contributed by atoms with E-state index >= 15 is 0 Å². The van der Waals surface area contributed by atoms with Gasteiger partial charge >= 0.3 is 0 Å². The maximum atomic E-state index is 10.3. The zero-order valence-electron chi connectivity index (χ0n) is 7.45. The summed E-state index contributed by atoms with van der Waals surface area (Å²) in [5.74, 6) is -0.0760. The highest BCUT2D eigenvalue weighted by molar-refractivity contribution is 5.54. The Kier molecular flexibility index (Phi) is 3.22. The predicted molar refractivity (Wildman–Crippen MR) is 49.7 cm³/mol. The van der Waals surface area contributed by atoms with Gasteiger partial charge in [0.25, 0.3) is 0 Å². The summed E-state index contributed by atoms with van der Waals surface area (Å²) in [4.78, 5) is 10.3. The quantitative estimate of drug-likeness (QED) is 0.698. The van der Waals surface area contributed by atoms with Gasteiger partial charge in [0, 0.05) is 5.92 Å². The van der Waals surface area contributed by atoms with Crippen LogP contribution in [0.25, 0.3) is 0 Å². The first-order valence-corrected chi connectivity index (χ1v) is 4.13. The van der Waals surface area contributed by atoms with Crippen molar-refractivity contribution in [2.45, 2.75) is 13.3 Å². The molecule has 0 aliphatic rings. The van der Waals surface area contributed by atoms with E-state index in [0.29, 0.717) is 12.0 Å². The van der Waals surface area contributed by atoms with Crippen molar-refractivity contribution in [1.29, 1.82) is 5.26 Å². The normalized spacial score (nSPS) is 11.7. The SMILES string of the molecule is CC([C]=O)Cc1ccc(C#N)cc1. The van der Waals surface area contributed by atoms with Crippen LogP contribution in [0.15, 0.2) is 24.3 Å². The summed E-state index contributed by atoms with van der Waals surface area (Å²) in [6.07, 6.45) is 2.62. The monoisotopic (exact) mass is 172 g/mol. The molecule has 0 aliphatic heterocycles. The number of benzene rings is 1. The molecule has 65 valence electrons. The Morgan fingerprint density at radius 1 is 1.38 bits per heavy atom. The molecule has 2 nitrogen and oxygen atoms in total. The standard InChI is InChI=1S/C11H10NO/c1-9(8-13)6-10-2-4-11(7-12)5-3-10/h2-5,9H,6H2,1H3. The third-order valence-electron chi connectivity index (χ3n) is 1.83. The van der Waals surface area contributed by atoms with Crippen LogP contribution in [0.4, 0.5) is 0 Å². The molecule has 0 amide bonds. The van der Waals surface area contributed by atoms with E-state index < -0.39 is 0 Å². The van der Waals surface area contributed by atoms with E-state index in [1.807, 2.05) is 31.4 Å². The summed E-state index contributed by atoms with van der Waals surface area (Å²) in [7, 11) is 0. The molecule has 0 N–H and O–H groups in total. The van der Waals surface area contributed by atoms with Crippen LogP contribution in [-0.4, -0.2) is 6.29 Å². The second kappa shape index (κ2) is 4.42. The fourth-order valence-corrected chi connectivity index (χ4v) is 1.11. The summed E-state index contributed by atoms with van der Waals surface area (Å²) in [5, 5.41) is 8.54. The maximum Gasteiger partial charge on any atom is 0.201 e. The van der Waals surface area contributed by atoms with Crippen molar-refractivity contribution in [1.82, 2.24) is 0 Å². The highest BCUT2D eigenvalue weighted by atomic mass is 16.1. The lowest BCUT2D eigenvalue weighted by Gasteiger charge is -2.01. The van der Waals surface area contributed by atoms with Gasteiger partial charge in [0.2, 0.25) is 6.29 Å². The minimum atomic E-state index is -0.0760. The Morgan fingerprint density at radius 3 is 2.46 bits per heavy atom. The van der Waals surface area contributed by atoms with Crippen molar-refractivity contribution >= 4 is 6.29 Å². The van der Waals surface area contributed by atoms with Gasteiger partial charge in [-0.25, -0.2) is 0 Å². The number of nitriles is 1. The molecule has 1 unspecified atom stereocenters. The van der Waals surface area contributed by atoms with E-state index in [1.54, 1.807) is 12.1 Å². The molecule has 1 aromatic rings. The third-order valence-corrected chi connectivity index (χ3v) is 1.83. The Morgan fingerprint density at radius 2 is 2.00 bits per heavy atom. The second-order valence-electron chi connectivity index (χ2n) is 3.03. The van der Waals surface area contributed by atoms with Crippen LogP contribution in [0.1, 0.15) is 18.1 Å². The summed E-state index contributed by atoms with van der Waals surface area (Å²) in [5.41, 5.74) is 1.71. The Hall–Kier alpha value is -1.62. The van der Waals surface area contributed by atoms with Crippen LogP contribution in [0, 0.1) is 17.2 Å². The largest absolute Gasteiger partial charge is 0.291 e. The van der Waals surface area contributed by atoms with Crippen molar-refractivity contribution in [3.8, 4) is 6.07 Å². The molecule has 1 radical (unpaired) electrons. The van der Waals surface area contributed by atoms with Crippen LogP contribution < -0.4 is 0 Å². The molecule has 0 aliphatic carbocycles. The minimum absolute atomic E-state index is 0.0760. The molecule has 1 aromatic carbocycles. The molecule has 1 atom stereocenters. The van der Waals surface area contributed by atoms with Gasteiger partial charge < -0.3 is 0 Å². The maximum absolute atomic E-state index is 10.3. The molecule has 2 heteroatoms. The second-order valence-corrected chi connectivity index (χ2v) is 3.03. The first kappa shape index (κ1) is 9.47. The van der Waals surface area contributed by atoms with Crippen molar-refractivity contribution in [3.63, 3.8) is 0 Å². The van der Waals surface area contributed by atoms with Crippen molar-refractivity contribution in [2.24, 2.45) is 5.92 Å². The molecule has 0 saturated heterocycles. The van der Waals surface area contributed by atoms with Crippen molar-refractivity contribution in [2.75, 3.05) is 0 Å². The number of rotatable bonds is 3. The highest BCUT2D eigenvalue weighted by Crippen LogP contribution is 2.08. The van der Waals surface area contributed by atoms with Crippen LogP contribution in [0.5, 0.6) is 0 Å². The average molecular weight is 172 g/mol. The molecular formula is C11H10NO. The lowest BCUT2D eigenvalue weighted by Crippen LogP contribution is -2.00. The van der Waals surface area contributed by atoms with E-state index in [-0.39, 0.29) is 5.92 Å². The van der Waals surface area contributed by atoms with Gasteiger partial charge in [-0.2, -0.15) is 5.26 Å². The van der Waals surface area contributed by atoms with Crippen molar-refractivity contribution < 1.29 is 4.79 Å².